The summed E-state index contributed by atoms with van der Waals surface area (Å²) in [6.45, 7) is 3.67. The van der Waals surface area contributed by atoms with Crippen molar-refractivity contribution in [3.8, 4) is 11.8 Å². The van der Waals surface area contributed by atoms with Crippen LogP contribution in [0.3, 0.4) is 0 Å². The fraction of sp³-hybridized carbons (Fsp3) is 0.357. The highest BCUT2D eigenvalue weighted by atomic mass is 35.5. The number of hydrogen-bond donors (Lipinski definition) is 1. The van der Waals surface area contributed by atoms with Gasteiger partial charge in [-0.1, -0.05) is 23.4 Å². The predicted octanol–water partition coefficient (Wildman–Crippen LogP) is 2.16. The lowest BCUT2D eigenvalue weighted by Crippen LogP contribution is -2.32. The molecule has 0 fully saturated rings. The normalized spacial score (nSPS) is 9.89. The molecule has 0 bridgehead atoms. The van der Waals surface area contributed by atoms with Gasteiger partial charge < -0.3 is 10.0 Å². The van der Waals surface area contributed by atoms with Crippen LogP contribution in [0.25, 0.3) is 0 Å². The third-order valence-corrected chi connectivity index (χ3v) is 2.93. The largest absolute Gasteiger partial charge is 0.384 e. The third-order valence-electron chi connectivity index (χ3n) is 2.61. The second-order valence-electron chi connectivity index (χ2n) is 4.16. The van der Waals surface area contributed by atoms with Gasteiger partial charge in [-0.2, -0.15) is 0 Å². The molecule has 0 aromatic heterocycles. The first-order valence-corrected chi connectivity index (χ1v) is 6.01. The molecule has 1 aromatic rings. The van der Waals surface area contributed by atoms with Gasteiger partial charge in [0.2, 0.25) is 0 Å². The molecule has 4 heteroatoms. The number of carbonyl (C=O) groups is 1. The molecule has 96 valence electrons. The molecule has 0 aliphatic heterocycles. The first-order chi connectivity index (χ1) is 8.47. The highest BCUT2D eigenvalue weighted by Gasteiger charge is 2.15. The van der Waals surface area contributed by atoms with Crippen LogP contribution >= 0.6 is 11.6 Å². The van der Waals surface area contributed by atoms with Crippen LogP contribution in [0.5, 0.6) is 0 Å². The summed E-state index contributed by atoms with van der Waals surface area (Å²) in [4.78, 5) is 13.7. The minimum atomic E-state index is -0.215. The van der Waals surface area contributed by atoms with Crippen LogP contribution in [0.1, 0.15) is 29.8 Å². The summed E-state index contributed by atoms with van der Waals surface area (Å²) >= 11 is 6.04. The molecule has 1 amide bonds. The molecular formula is C14H16ClNO2. The molecule has 0 atom stereocenters. The van der Waals surface area contributed by atoms with Crippen molar-refractivity contribution in [2.45, 2.75) is 19.9 Å². The zero-order valence-electron chi connectivity index (χ0n) is 10.7. The van der Waals surface area contributed by atoms with Crippen LogP contribution in [-0.2, 0) is 0 Å². The van der Waals surface area contributed by atoms with Crippen molar-refractivity contribution >= 4 is 17.5 Å². The maximum Gasteiger partial charge on any atom is 0.253 e. The molecule has 18 heavy (non-hydrogen) atoms. The summed E-state index contributed by atoms with van der Waals surface area (Å²) in [6, 6.07) is 5.11. The topological polar surface area (TPSA) is 40.5 Å². The number of benzene rings is 1. The van der Waals surface area contributed by atoms with Crippen molar-refractivity contribution < 1.29 is 9.90 Å². The number of aliphatic hydroxyl groups excluding tert-OH is 1. The fourth-order valence-corrected chi connectivity index (χ4v) is 1.55. The molecular weight excluding hydrogens is 250 g/mol. The van der Waals surface area contributed by atoms with Crippen LogP contribution in [-0.4, -0.2) is 35.6 Å². The van der Waals surface area contributed by atoms with Gasteiger partial charge in [0.15, 0.2) is 0 Å². The molecule has 1 rings (SSSR count). The Balaban J connectivity index is 3.01. The minimum absolute atomic E-state index is 0.0754. The summed E-state index contributed by atoms with van der Waals surface area (Å²) in [5.41, 5.74) is 1.14. The average Bonchev–Trinajstić information content (AvgIpc) is 2.35. The van der Waals surface area contributed by atoms with Gasteiger partial charge in [-0.25, -0.2) is 0 Å². The Morgan fingerprint density at radius 2 is 2.17 bits per heavy atom. The summed E-state index contributed by atoms with van der Waals surface area (Å²) in [7, 11) is 1.75. The summed E-state index contributed by atoms with van der Waals surface area (Å²) in [5.74, 6) is 5.17. The Hall–Kier alpha value is -1.50. The van der Waals surface area contributed by atoms with Crippen molar-refractivity contribution in [3.63, 3.8) is 0 Å². The lowest BCUT2D eigenvalue weighted by atomic mass is 10.1. The van der Waals surface area contributed by atoms with E-state index in [2.05, 4.69) is 11.8 Å². The molecule has 0 spiro atoms. The maximum absolute atomic E-state index is 12.1. The quantitative estimate of drug-likeness (QED) is 0.833. The smallest absolute Gasteiger partial charge is 0.253 e. The van der Waals surface area contributed by atoms with E-state index in [1.54, 1.807) is 30.1 Å². The Morgan fingerprint density at radius 3 is 2.67 bits per heavy atom. The number of aliphatic hydroxyl groups is 1. The molecule has 1 N–H and O–H groups in total. The highest BCUT2D eigenvalue weighted by Crippen LogP contribution is 2.18. The van der Waals surface area contributed by atoms with E-state index in [1.807, 2.05) is 13.8 Å². The highest BCUT2D eigenvalue weighted by molar-refractivity contribution is 6.32. The summed E-state index contributed by atoms with van der Waals surface area (Å²) < 4.78 is 0. The van der Waals surface area contributed by atoms with Gasteiger partial charge in [0.25, 0.3) is 5.91 Å². The Bertz CT molecular complexity index is 500. The molecule has 3 nitrogen and oxygen atoms in total. The molecule has 0 saturated heterocycles. The Kier molecular flexibility index (Phi) is 5.21. The first-order valence-electron chi connectivity index (χ1n) is 5.63. The first kappa shape index (κ1) is 14.6. The zero-order chi connectivity index (χ0) is 13.7. The van der Waals surface area contributed by atoms with Gasteiger partial charge in [0.05, 0.1) is 5.02 Å². The number of carbonyl (C=O) groups excluding carboxylic acids is 1. The number of halogens is 1. The monoisotopic (exact) mass is 265 g/mol. The lowest BCUT2D eigenvalue weighted by Gasteiger charge is -2.21. The Labute approximate surface area is 112 Å². The maximum atomic E-state index is 12.1. The van der Waals surface area contributed by atoms with Crippen LogP contribution in [0, 0.1) is 11.8 Å². The predicted molar refractivity (Wildman–Crippen MR) is 72.6 cm³/mol. The Morgan fingerprint density at radius 1 is 1.50 bits per heavy atom. The second-order valence-corrected chi connectivity index (χ2v) is 4.57. The van der Waals surface area contributed by atoms with E-state index in [9.17, 15) is 4.79 Å². The van der Waals surface area contributed by atoms with Gasteiger partial charge in [0, 0.05) is 24.2 Å². The summed E-state index contributed by atoms with van der Waals surface area (Å²) in [6.07, 6.45) is 0. The van der Waals surface area contributed by atoms with Gasteiger partial charge in [0.1, 0.15) is 6.61 Å². The van der Waals surface area contributed by atoms with E-state index in [1.165, 1.54) is 0 Å². The van der Waals surface area contributed by atoms with E-state index in [-0.39, 0.29) is 18.6 Å². The van der Waals surface area contributed by atoms with Gasteiger partial charge in [-0.05, 0) is 32.0 Å². The van der Waals surface area contributed by atoms with Crippen molar-refractivity contribution in [1.82, 2.24) is 4.90 Å². The third kappa shape index (κ3) is 3.49. The minimum Gasteiger partial charge on any atom is -0.384 e. The summed E-state index contributed by atoms with van der Waals surface area (Å²) in [5, 5.41) is 9.03. The molecule has 1 aromatic carbocycles. The molecule has 0 saturated carbocycles. The SMILES string of the molecule is CC(C)N(C)C(=O)c1ccc(C#CCO)c(Cl)c1. The molecule has 0 aliphatic rings. The van der Waals surface area contributed by atoms with E-state index in [0.29, 0.717) is 16.1 Å². The van der Waals surface area contributed by atoms with Gasteiger partial charge >= 0.3 is 0 Å². The molecule has 0 aliphatic carbocycles. The van der Waals surface area contributed by atoms with E-state index in [4.69, 9.17) is 16.7 Å². The number of nitrogens with zero attached hydrogens (tertiary/aromatic N) is 1. The second kappa shape index (κ2) is 6.44. The molecule has 0 heterocycles. The standard InChI is InChI=1S/C14H16ClNO2/c1-10(2)16(3)14(18)12-7-6-11(5-4-8-17)13(15)9-12/h6-7,9-10,17H,8H2,1-3H3. The van der Waals surface area contributed by atoms with Gasteiger partial charge in [-0.3, -0.25) is 4.79 Å². The number of rotatable bonds is 2. The van der Waals surface area contributed by atoms with E-state index >= 15 is 0 Å². The number of hydrogen-bond acceptors (Lipinski definition) is 2. The molecule has 0 unspecified atom stereocenters. The van der Waals surface area contributed by atoms with Crippen LogP contribution in [0.4, 0.5) is 0 Å². The average molecular weight is 266 g/mol. The number of amides is 1. The molecule has 0 radical (unpaired) electrons. The van der Waals surface area contributed by atoms with Crippen LogP contribution in [0.15, 0.2) is 18.2 Å². The zero-order valence-corrected chi connectivity index (χ0v) is 11.5. The van der Waals surface area contributed by atoms with Crippen molar-refractivity contribution in [2.75, 3.05) is 13.7 Å². The van der Waals surface area contributed by atoms with Crippen LogP contribution < -0.4 is 0 Å². The van der Waals surface area contributed by atoms with Crippen molar-refractivity contribution in [2.24, 2.45) is 0 Å². The van der Waals surface area contributed by atoms with Crippen molar-refractivity contribution in [3.05, 3.63) is 34.3 Å². The van der Waals surface area contributed by atoms with Crippen LogP contribution in [0.2, 0.25) is 5.02 Å². The lowest BCUT2D eigenvalue weighted by molar-refractivity contribution is 0.0755. The fourth-order valence-electron chi connectivity index (χ4n) is 1.32. The van der Waals surface area contributed by atoms with Crippen molar-refractivity contribution in [1.29, 1.82) is 0 Å². The van der Waals surface area contributed by atoms with E-state index in [0.717, 1.165) is 0 Å². The van der Waals surface area contributed by atoms with Gasteiger partial charge in [-0.15, -0.1) is 0 Å². The van der Waals surface area contributed by atoms with E-state index < -0.39 is 0 Å².